The number of nitrogens with zero attached hydrogens (tertiary/aromatic N) is 2. The third-order valence-electron chi connectivity index (χ3n) is 7.42. The van der Waals surface area contributed by atoms with E-state index >= 15 is 0 Å². The minimum Gasteiger partial charge on any atom is -0.434 e. The summed E-state index contributed by atoms with van der Waals surface area (Å²) in [5, 5.41) is 8.04. The van der Waals surface area contributed by atoms with Gasteiger partial charge in [0.25, 0.3) is 11.8 Å². The number of cyclic esters (lactones) is 2. The molecule has 0 spiro atoms. The smallest absolute Gasteiger partial charge is 0.434 e. The molecule has 11 nitrogen and oxygen atoms in total. The van der Waals surface area contributed by atoms with Crippen molar-refractivity contribution >= 4 is 40.9 Å². The highest BCUT2D eigenvalue weighted by molar-refractivity contribution is 5.90. The van der Waals surface area contributed by atoms with Crippen LogP contribution in [-0.4, -0.2) is 65.2 Å². The zero-order valence-corrected chi connectivity index (χ0v) is 24.7. The Morgan fingerprint density at radius 3 is 2.50 bits per heavy atom. The normalized spacial score (nSPS) is 26.2. The topological polar surface area (TPSA) is 139 Å². The van der Waals surface area contributed by atoms with Crippen LogP contribution in [-0.2, 0) is 23.9 Å². The Labute approximate surface area is 246 Å². The molecular formula is C31H41N5O6. The molecule has 1 unspecified atom stereocenters. The van der Waals surface area contributed by atoms with E-state index < -0.39 is 36.2 Å². The minimum atomic E-state index is -1.12. The summed E-state index contributed by atoms with van der Waals surface area (Å²) in [6.45, 7) is 7.48. The lowest BCUT2D eigenvalue weighted by Crippen LogP contribution is -2.61. The standard InChI is InChI=1S/C31H41N5O6/c1-19(2)27-29(38)33-21(4)30(39)36-16-9-11-25(35-36)28(37)32-20(3)24-15-14-23-13-12-22(18-26(23)34-24)10-7-5-6-8-17-41-31(40)42-27/h7,10,12-15,18-21,25,27,35H,5-6,8-9,11,16-17H2,1-4H3,(H,32,37)(H,33,38)/b10-7+/t20?,21-,25-,27-/m0/s1. The number of fused-ring (bicyclic) bond motifs is 4. The van der Waals surface area contributed by atoms with E-state index in [9.17, 15) is 19.2 Å². The van der Waals surface area contributed by atoms with E-state index in [4.69, 9.17) is 14.5 Å². The molecule has 4 atom stereocenters. The van der Waals surface area contributed by atoms with Gasteiger partial charge >= 0.3 is 6.16 Å². The highest BCUT2D eigenvalue weighted by atomic mass is 16.7. The van der Waals surface area contributed by atoms with Crippen molar-refractivity contribution in [1.82, 2.24) is 26.1 Å². The van der Waals surface area contributed by atoms with Crippen molar-refractivity contribution in [2.24, 2.45) is 5.92 Å². The number of pyridine rings is 1. The van der Waals surface area contributed by atoms with Gasteiger partial charge in [-0.05, 0) is 69.6 Å². The van der Waals surface area contributed by atoms with Crippen LogP contribution in [0.3, 0.4) is 0 Å². The summed E-state index contributed by atoms with van der Waals surface area (Å²) in [4.78, 5) is 56.4. The summed E-state index contributed by atoms with van der Waals surface area (Å²) in [5.74, 6) is -1.57. The Bertz CT molecular complexity index is 1330. The van der Waals surface area contributed by atoms with Crippen LogP contribution in [0.25, 0.3) is 17.0 Å². The van der Waals surface area contributed by atoms with E-state index in [-0.39, 0.29) is 24.5 Å². The van der Waals surface area contributed by atoms with Gasteiger partial charge in [0.15, 0.2) is 6.10 Å². The molecule has 1 saturated heterocycles. The van der Waals surface area contributed by atoms with Crippen LogP contribution in [0.1, 0.15) is 77.1 Å². The van der Waals surface area contributed by atoms with Gasteiger partial charge in [0.05, 0.1) is 23.9 Å². The lowest BCUT2D eigenvalue weighted by atomic mass is 10.1. The monoisotopic (exact) mass is 579 g/mol. The molecule has 11 heteroatoms. The molecule has 1 aromatic heterocycles. The highest BCUT2D eigenvalue weighted by Crippen LogP contribution is 2.20. The first-order chi connectivity index (χ1) is 20.1. The van der Waals surface area contributed by atoms with Gasteiger partial charge in [-0.15, -0.1) is 0 Å². The predicted molar refractivity (Wildman–Crippen MR) is 158 cm³/mol. The van der Waals surface area contributed by atoms with Gasteiger partial charge in [-0.25, -0.2) is 10.2 Å². The fourth-order valence-electron chi connectivity index (χ4n) is 4.98. The highest BCUT2D eigenvalue weighted by Gasteiger charge is 2.34. The SMILES string of the molecule is CC1NC(=O)[C@@H]2CCCN(N2)C(=O)[C@H](C)NC(=O)[C@H](C(C)C)OC(=O)OCCCC/C=C/c2ccc3ccc1nc3c2. The van der Waals surface area contributed by atoms with E-state index in [1.165, 1.54) is 5.01 Å². The number of hydrogen-bond acceptors (Lipinski definition) is 8. The lowest BCUT2D eigenvalue weighted by Gasteiger charge is -2.35. The van der Waals surface area contributed by atoms with Crippen LogP contribution in [0.5, 0.6) is 0 Å². The van der Waals surface area contributed by atoms with Crippen molar-refractivity contribution < 1.29 is 28.7 Å². The number of amides is 3. The number of carbonyl (C=O) groups is 4. The number of ether oxygens (including phenoxy) is 2. The van der Waals surface area contributed by atoms with Crippen molar-refractivity contribution in [2.45, 2.75) is 84.0 Å². The van der Waals surface area contributed by atoms with Gasteiger partial charge in [0.1, 0.15) is 12.1 Å². The molecule has 2 aliphatic rings. The number of aromatic nitrogens is 1. The fourth-order valence-corrected chi connectivity index (χ4v) is 4.98. The molecule has 4 rings (SSSR count). The first-order valence-corrected chi connectivity index (χ1v) is 14.7. The Morgan fingerprint density at radius 2 is 1.71 bits per heavy atom. The van der Waals surface area contributed by atoms with E-state index in [1.807, 2.05) is 43.3 Å². The second-order valence-electron chi connectivity index (χ2n) is 11.2. The third kappa shape index (κ3) is 8.06. The third-order valence-corrected chi connectivity index (χ3v) is 7.42. The molecular weight excluding hydrogens is 538 g/mol. The largest absolute Gasteiger partial charge is 0.509 e. The number of nitrogens with one attached hydrogen (secondary N) is 3. The van der Waals surface area contributed by atoms with E-state index in [0.717, 1.165) is 35.0 Å². The minimum absolute atomic E-state index is 0.170. The predicted octanol–water partition coefficient (Wildman–Crippen LogP) is 3.79. The summed E-state index contributed by atoms with van der Waals surface area (Å²) in [6.07, 6.45) is 5.45. The molecule has 3 amide bonds. The van der Waals surface area contributed by atoms with Crippen molar-refractivity contribution in [3.63, 3.8) is 0 Å². The maximum absolute atomic E-state index is 13.2. The molecule has 3 N–H and O–H groups in total. The molecule has 42 heavy (non-hydrogen) atoms. The first-order valence-electron chi connectivity index (χ1n) is 14.7. The van der Waals surface area contributed by atoms with Gasteiger partial charge in [0.2, 0.25) is 5.91 Å². The number of hydrogen-bond donors (Lipinski definition) is 3. The van der Waals surface area contributed by atoms with Crippen LogP contribution in [0.2, 0.25) is 0 Å². The van der Waals surface area contributed by atoms with E-state index in [2.05, 4.69) is 22.1 Å². The van der Waals surface area contributed by atoms with Crippen molar-refractivity contribution in [3.8, 4) is 0 Å². The quantitative estimate of drug-likeness (QED) is 0.434. The zero-order valence-electron chi connectivity index (χ0n) is 24.7. The second-order valence-corrected chi connectivity index (χ2v) is 11.2. The number of benzene rings is 1. The molecule has 1 fully saturated rings. The molecule has 0 saturated carbocycles. The Balaban J connectivity index is 1.53. The number of hydrazine groups is 1. The van der Waals surface area contributed by atoms with Crippen LogP contribution < -0.4 is 16.1 Å². The summed E-state index contributed by atoms with van der Waals surface area (Å²) in [6, 6.07) is 8.07. The molecule has 3 heterocycles. The molecule has 1 aromatic carbocycles. The van der Waals surface area contributed by atoms with Gasteiger partial charge in [-0.2, -0.15) is 0 Å². The first kappa shape index (κ1) is 31.0. The molecule has 5 bridgehead atoms. The van der Waals surface area contributed by atoms with E-state index in [0.29, 0.717) is 25.8 Å². The zero-order chi connectivity index (χ0) is 30.2. The van der Waals surface area contributed by atoms with Crippen molar-refractivity contribution in [3.05, 3.63) is 47.7 Å². The summed E-state index contributed by atoms with van der Waals surface area (Å²) in [7, 11) is 0. The molecule has 0 radical (unpaired) electrons. The van der Waals surface area contributed by atoms with Gasteiger partial charge in [-0.1, -0.05) is 44.2 Å². The number of carbonyl (C=O) groups excluding carboxylic acids is 4. The van der Waals surface area contributed by atoms with E-state index in [1.54, 1.807) is 20.8 Å². The Morgan fingerprint density at radius 1 is 0.952 bits per heavy atom. The number of rotatable bonds is 1. The van der Waals surface area contributed by atoms with Crippen molar-refractivity contribution in [2.75, 3.05) is 13.2 Å². The molecule has 2 aliphatic heterocycles. The van der Waals surface area contributed by atoms with Gasteiger partial charge in [0, 0.05) is 11.9 Å². The molecule has 0 aliphatic carbocycles. The van der Waals surface area contributed by atoms with Crippen LogP contribution >= 0.6 is 0 Å². The summed E-state index contributed by atoms with van der Waals surface area (Å²) < 4.78 is 10.5. The average Bonchev–Trinajstić information content (AvgIpc) is 2.97. The maximum Gasteiger partial charge on any atom is 0.509 e. The van der Waals surface area contributed by atoms with Gasteiger partial charge in [-0.3, -0.25) is 24.4 Å². The Kier molecular flexibility index (Phi) is 10.5. The maximum atomic E-state index is 13.2. The second kappa shape index (κ2) is 14.3. The van der Waals surface area contributed by atoms with Crippen LogP contribution in [0.15, 0.2) is 36.4 Å². The Hall–Kier alpha value is -3.99. The summed E-state index contributed by atoms with van der Waals surface area (Å²) >= 11 is 0. The van der Waals surface area contributed by atoms with Gasteiger partial charge < -0.3 is 20.1 Å². The van der Waals surface area contributed by atoms with Crippen LogP contribution in [0.4, 0.5) is 4.79 Å². The lowest BCUT2D eigenvalue weighted by molar-refractivity contribution is -0.145. The molecule has 2 aromatic rings. The number of allylic oxidation sites excluding steroid dienone is 1. The fraction of sp³-hybridized carbons (Fsp3) is 0.516. The van der Waals surface area contributed by atoms with Crippen LogP contribution in [0, 0.1) is 5.92 Å². The average molecular weight is 580 g/mol. The molecule has 226 valence electrons. The van der Waals surface area contributed by atoms with Crippen molar-refractivity contribution in [1.29, 1.82) is 0 Å². The summed E-state index contributed by atoms with van der Waals surface area (Å²) in [5.41, 5.74) is 5.59.